The van der Waals surface area contributed by atoms with Gasteiger partial charge in [0.1, 0.15) is 10.8 Å². The monoisotopic (exact) mass is 418 g/mol. The SMILES string of the molecule is COc1c(Cl)cc(/C=N\Nc2nc(-c3ccccc3)cc(=O)[nH]2)c(OC)c1Cl. The number of nitrogens with zero attached hydrogens (tertiary/aromatic N) is 2. The third-order valence-electron chi connectivity index (χ3n) is 3.75. The summed E-state index contributed by atoms with van der Waals surface area (Å²) in [5.74, 6) is 0.854. The van der Waals surface area contributed by atoms with Gasteiger partial charge in [-0.1, -0.05) is 53.5 Å². The highest BCUT2D eigenvalue weighted by Crippen LogP contribution is 2.41. The van der Waals surface area contributed by atoms with Crippen LogP contribution in [-0.2, 0) is 0 Å². The Bertz CT molecular complexity index is 1070. The lowest BCUT2D eigenvalue weighted by Crippen LogP contribution is -2.10. The lowest BCUT2D eigenvalue weighted by Gasteiger charge is -2.12. The molecule has 0 unspecified atom stereocenters. The molecule has 0 bridgehead atoms. The van der Waals surface area contributed by atoms with Gasteiger partial charge >= 0.3 is 0 Å². The summed E-state index contributed by atoms with van der Waals surface area (Å²) in [6.45, 7) is 0. The minimum atomic E-state index is -0.306. The first kappa shape index (κ1) is 19.7. The van der Waals surface area contributed by atoms with Crippen LogP contribution in [0.25, 0.3) is 11.3 Å². The van der Waals surface area contributed by atoms with Crippen LogP contribution in [0.15, 0.2) is 52.4 Å². The van der Waals surface area contributed by atoms with Gasteiger partial charge in [-0.2, -0.15) is 5.10 Å². The normalized spacial score (nSPS) is 10.9. The number of methoxy groups -OCH3 is 2. The molecule has 1 aromatic heterocycles. The average molecular weight is 419 g/mol. The Morgan fingerprint density at radius 3 is 2.50 bits per heavy atom. The van der Waals surface area contributed by atoms with Gasteiger partial charge in [-0.3, -0.25) is 9.78 Å². The van der Waals surface area contributed by atoms with E-state index in [4.69, 9.17) is 32.7 Å². The van der Waals surface area contributed by atoms with E-state index in [1.165, 1.54) is 26.5 Å². The van der Waals surface area contributed by atoms with E-state index in [1.807, 2.05) is 30.3 Å². The third kappa shape index (κ3) is 4.27. The van der Waals surface area contributed by atoms with Gasteiger partial charge in [-0.05, 0) is 6.07 Å². The minimum Gasteiger partial charge on any atom is -0.494 e. The van der Waals surface area contributed by atoms with Gasteiger partial charge < -0.3 is 9.47 Å². The molecule has 0 atom stereocenters. The topological polar surface area (TPSA) is 88.6 Å². The molecule has 1 heterocycles. The summed E-state index contributed by atoms with van der Waals surface area (Å²) in [7, 11) is 2.94. The fourth-order valence-electron chi connectivity index (χ4n) is 2.52. The number of hydrazone groups is 1. The lowest BCUT2D eigenvalue weighted by molar-refractivity contribution is 0.394. The van der Waals surface area contributed by atoms with Crippen molar-refractivity contribution in [3.8, 4) is 22.8 Å². The summed E-state index contributed by atoms with van der Waals surface area (Å²) in [6.07, 6.45) is 1.45. The number of ether oxygens (including phenoxy) is 2. The molecule has 3 rings (SSSR count). The molecule has 0 aliphatic heterocycles. The maximum absolute atomic E-state index is 11.9. The number of H-pyrrole nitrogens is 1. The second-order valence-corrected chi connectivity index (χ2v) is 6.33. The fraction of sp³-hybridized carbons (Fsp3) is 0.105. The predicted octanol–water partition coefficient (Wildman–Crippen LogP) is 4.21. The maximum Gasteiger partial charge on any atom is 0.252 e. The Morgan fingerprint density at radius 1 is 1.11 bits per heavy atom. The van der Waals surface area contributed by atoms with Crippen molar-refractivity contribution >= 4 is 35.4 Å². The standard InChI is InChI=1S/C19H16Cl2N4O3/c1-27-17-12(8-13(20)18(28-2)16(17)21)10-22-25-19-23-14(9-15(26)24-19)11-6-4-3-5-7-11/h3-10H,1-2H3,(H2,23,24,25,26)/b22-10-. The Kier molecular flexibility index (Phi) is 6.18. The van der Waals surface area contributed by atoms with Crippen LogP contribution in [0.2, 0.25) is 10.0 Å². The van der Waals surface area contributed by atoms with Gasteiger partial charge in [-0.15, -0.1) is 0 Å². The summed E-state index contributed by atoms with van der Waals surface area (Å²) in [6, 6.07) is 12.4. The summed E-state index contributed by atoms with van der Waals surface area (Å²) in [5.41, 5.74) is 4.25. The molecule has 28 heavy (non-hydrogen) atoms. The molecule has 7 nitrogen and oxygen atoms in total. The zero-order valence-electron chi connectivity index (χ0n) is 15.0. The molecule has 144 valence electrons. The molecule has 0 amide bonds. The van der Waals surface area contributed by atoms with Crippen LogP contribution in [-0.4, -0.2) is 30.4 Å². The van der Waals surface area contributed by atoms with Crippen LogP contribution in [0.5, 0.6) is 11.5 Å². The number of anilines is 1. The van der Waals surface area contributed by atoms with Crippen molar-refractivity contribution in [3.63, 3.8) is 0 Å². The van der Waals surface area contributed by atoms with E-state index in [0.717, 1.165) is 5.56 Å². The van der Waals surface area contributed by atoms with Crippen molar-refractivity contribution in [3.05, 3.63) is 68.4 Å². The predicted molar refractivity (Wildman–Crippen MR) is 111 cm³/mol. The van der Waals surface area contributed by atoms with Crippen LogP contribution < -0.4 is 20.5 Å². The highest BCUT2D eigenvalue weighted by atomic mass is 35.5. The van der Waals surface area contributed by atoms with Gasteiger partial charge in [0, 0.05) is 17.2 Å². The van der Waals surface area contributed by atoms with E-state index in [2.05, 4.69) is 20.5 Å². The molecule has 0 spiro atoms. The van der Waals surface area contributed by atoms with E-state index in [1.54, 1.807) is 6.07 Å². The summed E-state index contributed by atoms with van der Waals surface area (Å²) >= 11 is 12.4. The molecule has 9 heteroatoms. The second kappa shape index (κ2) is 8.77. The van der Waals surface area contributed by atoms with Crippen LogP contribution in [0.3, 0.4) is 0 Å². The van der Waals surface area contributed by atoms with E-state index in [-0.39, 0.29) is 16.5 Å². The first-order chi connectivity index (χ1) is 13.5. The highest BCUT2D eigenvalue weighted by Gasteiger charge is 2.16. The van der Waals surface area contributed by atoms with Gasteiger partial charge in [0.15, 0.2) is 5.75 Å². The zero-order chi connectivity index (χ0) is 20.1. The van der Waals surface area contributed by atoms with Gasteiger partial charge in [0.25, 0.3) is 5.56 Å². The van der Waals surface area contributed by atoms with Crippen LogP contribution >= 0.6 is 23.2 Å². The highest BCUT2D eigenvalue weighted by molar-refractivity contribution is 6.38. The largest absolute Gasteiger partial charge is 0.494 e. The molecule has 0 aliphatic carbocycles. The molecule has 0 radical (unpaired) electrons. The van der Waals surface area contributed by atoms with Gasteiger partial charge in [0.2, 0.25) is 5.95 Å². The quantitative estimate of drug-likeness (QED) is 0.462. The lowest BCUT2D eigenvalue weighted by atomic mass is 10.1. The van der Waals surface area contributed by atoms with Crippen molar-refractivity contribution in [2.75, 3.05) is 19.6 Å². The number of hydrogen-bond donors (Lipinski definition) is 2. The maximum atomic E-state index is 11.9. The van der Waals surface area contributed by atoms with Crippen molar-refractivity contribution in [2.24, 2.45) is 5.10 Å². The molecule has 2 N–H and O–H groups in total. The average Bonchev–Trinajstić information content (AvgIpc) is 2.68. The van der Waals surface area contributed by atoms with Crippen LogP contribution in [0.1, 0.15) is 5.56 Å². The van der Waals surface area contributed by atoms with E-state index in [9.17, 15) is 4.79 Å². The van der Waals surface area contributed by atoms with Crippen molar-refractivity contribution in [1.29, 1.82) is 0 Å². The van der Waals surface area contributed by atoms with Crippen molar-refractivity contribution in [1.82, 2.24) is 9.97 Å². The van der Waals surface area contributed by atoms with E-state index < -0.39 is 0 Å². The smallest absolute Gasteiger partial charge is 0.252 e. The summed E-state index contributed by atoms with van der Waals surface area (Å²) < 4.78 is 10.5. The van der Waals surface area contributed by atoms with E-state index in [0.29, 0.717) is 27.8 Å². The zero-order valence-corrected chi connectivity index (χ0v) is 16.5. The molecule has 0 aliphatic rings. The van der Waals surface area contributed by atoms with Crippen LogP contribution in [0, 0.1) is 0 Å². The molecular weight excluding hydrogens is 403 g/mol. The second-order valence-electron chi connectivity index (χ2n) is 5.54. The number of aromatic amines is 1. The van der Waals surface area contributed by atoms with E-state index >= 15 is 0 Å². The van der Waals surface area contributed by atoms with Crippen LogP contribution in [0.4, 0.5) is 5.95 Å². The Balaban J connectivity index is 1.88. The molecule has 3 aromatic rings. The minimum absolute atomic E-state index is 0.187. The molecular formula is C19H16Cl2N4O3. The third-order valence-corrected chi connectivity index (χ3v) is 4.38. The van der Waals surface area contributed by atoms with Crippen molar-refractivity contribution in [2.45, 2.75) is 0 Å². The summed E-state index contributed by atoms with van der Waals surface area (Å²) in [4.78, 5) is 18.9. The number of halogens is 2. The molecule has 0 saturated carbocycles. The number of rotatable bonds is 6. The first-order valence-electron chi connectivity index (χ1n) is 8.09. The number of aromatic nitrogens is 2. The van der Waals surface area contributed by atoms with Gasteiger partial charge in [0.05, 0.1) is 31.2 Å². The molecule has 2 aromatic carbocycles. The first-order valence-corrected chi connectivity index (χ1v) is 8.85. The molecule has 0 saturated heterocycles. The Morgan fingerprint density at radius 2 is 1.82 bits per heavy atom. The summed E-state index contributed by atoms with van der Waals surface area (Å²) in [5, 5.41) is 4.63. The number of benzene rings is 2. The Hall–Kier alpha value is -3.03. The number of nitrogens with one attached hydrogen (secondary N) is 2. The van der Waals surface area contributed by atoms with Crippen molar-refractivity contribution < 1.29 is 9.47 Å². The molecule has 0 fully saturated rings. The van der Waals surface area contributed by atoms with Gasteiger partial charge in [-0.25, -0.2) is 10.4 Å². The Labute approximate surface area is 170 Å². The number of hydrogen-bond acceptors (Lipinski definition) is 6. The fourth-order valence-corrected chi connectivity index (χ4v) is 3.23.